The van der Waals surface area contributed by atoms with Gasteiger partial charge in [-0.3, -0.25) is 4.79 Å². The number of aryl methyl sites for hydroxylation is 1. The molecule has 0 saturated carbocycles. The summed E-state index contributed by atoms with van der Waals surface area (Å²) in [5.74, 6) is 0.716. The standard InChI is InChI=1S/C10H9BrN2O2/c1-6-12-4-8(13(6)2)10(14)7-3-9(11)15-5-7/h3-5H,1-2H3. The molecule has 4 nitrogen and oxygen atoms in total. The summed E-state index contributed by atoms with van der Waals surface area (Å²) in [5, 5.41) is 0. The van der Waals surface area contributed by atoms with E-state index in [1.807, 2.05) is 14.0 Å². The molecule has 0 bridgehead atoms. The van der Waals surface area contributed by atoms with Gasteiger partial charge >= 0.3 is 0 Å². The Labute approximate surface area is 95.0 Å². The van der Waals surface area contributed by atoms with Crippen LogP contribution < -0.4 is 0 Å². The maximum Gasteiger partial charge on any atom is 0.214 e. The van der Waals surface area contributed by atoms with Crippen LogP contribution in [0.2, 0.25) is 0 Å². The molecule has 0 N–H and O–H groups in total. The summed E-state index contributed by atoms with van der Waals surface area (Å²) in [6, 6.07) is 1.64. The molecule has 0 aliphatic rings. The van der Waals surface area contributed by atoms with Gasteiger partial charge in [0.25, 0.3) is 0 Å². The van der Waals surface area contributed by atoms with Crippen molar-refractivity contribution < 1.29 is 9.21 Å². The molecule has 2 rings (SSSR count). The fourth-order valence-corrected chi connectivity index (χ4v) is 1.63. The van der Waals surface area contributed by atoms with Gasteiger partial charge in [-0.1, -0.05) is 0 Å². The Morgan fingerprint density at radius 1 is 1.60 bits per heavy atom. The Hall–Kier alpha value is -1.36. The number of hydrogen-bond donors (Lipinski definition) is 0. The zero-order valence-corrected chi connectivity index (χ0v) is 9.91. The summed E-state index contributed by atoms with van der Waals surface area (Å²) >= 11 is 3.16. The number of imidazole rings is 1. The topological polar surface area (TPSA) is 48.0 Å². The number of carbonyl (C=O) groups excluding carboxylic acids is 1. The summed E-state index contributed by atoms with van der Waals surface area (Å²) in [4.78, 5) is 16.0. The lowest BCUT2D eigenvalue weighted by Crippen LogP contribution is -2.07. The van der Waals surface area contributed by atoms with Crippen LogP contribution in [0.1, 0.15) is 21.9 Å². The summed E-state index contributed by atoms with van der Waals surface area (Å²) < 4.78 is 7.32. The number of ketones is 1. The van der Waals surface area contributed by atoms with Crippen LogP contribution in [0.4, 0.5) is 0 Å². The van der Waals surface area contributed by atoms with Crippen LogP contribution in [-0.2, 0) is 7.05 Å². The Bertz CT molecular complexity index is 513. The second kappa shape index (κ2) is 3.66. The van der Waals surface area contributed by atoms with E-state index in [9.17, 15) is 4.79 Å². The Kier molecular flexibility index (Phi) is 2.48. The maximum atomic E-state index is 12.0. The minimum atomic E-state index is -0.0902. The van der Waals surface area contributed by atoms with E-state index in [4.69, 9.17) is 4.42 Å². The summed E-state index contributed by atoms with van der Waals surface area (Å²) in [6.07, 6.45) is 2.99. The Morgan fingerprint density at radius 2 is 2.33 bits per heavy atom. The zero-order valence-electron chi connectivity index (χ0n) is 8.32. The molecule has 0 aromatic carbocycles. The fourth-order valence-electron chi connectivity index (χ4n) is 1.29. The molecule has 0 radical (unpaired) electrons. The van der Waals surface area contributed by atoms with Crippen molar-refractivity contribution in [3.63, 3.8) is 0 Å². The van der Waals surface area contributed by atoms with Crippen molar-refractivity contribution in [2.24, 2.45) is 7.05 Å². The molecule has 0 saturated heterocycles. The third-order valence-corrected chi connectivity index (χ3v) is 2.70. The van der Waals surface area contributed by atoms with Gasteiger partial charge in [0.1, 0.15) is 17.8 Å². The fraction of sp³-hybridized carbons (Fsp3) is 0.200. The first-order valence-corrected chi connectivity index (χ1v) is 5.16. The van der Waals surface area contributed by atoms with Gasteiger partial charge in [0.2, 0.25) is 5.78 Å². The number of rotatable bonds is 2. The molecule has 0 atom stereocenters. The molecule has 2 aromatic heterocycles. The normalized spacial score (nSPS) is 10.6. The van der Waals surface area contributed by atoms with E-state index in [1.54, 1.807) is 16.8 Å². The quantitative estimate of drug-likeness (QED) is 0.786. The highest BCUT2D eigenvalue weighted by Crippen LogP contribution is 2.17. The van der Waals surface area contributed by atoms with Crippen LogP contribution in [-0.4, -0.2) is 15.3 Å². The smallest absolute Gasteiger partial charge is 0.214 e. The molecule has 0 spiro atoms. The number of carbonyl (C=O) groups is 1. The highest BCUT2D eigenvalue weighted by atomic mass is 79.9. The summed E-state index contributed by atoms with van der Waals surface area (Å²) in [6.45, 7) is 1.85. The van der Waals surface area contributed by atoms with Gasteiger partial charge in [0.05, 0.1) is 11.8 Å². The Morgan fingerprint density at radius 3 is 2.80 bits per heavy atom. The van der Waals surface area contributed by atoms with E-state index >= 15 is 0 Å². The molecular formula is C10H9BrN2O2. The van der Waals surface area contributed by atoms with E-state index in [-0.39, 0.29) is 5.78 Å². The molecule has 0 fully saturated rings. The maximum absolute atomic E-state index is 12.0. The lowest BCUT2D eigenvalue weighted by atomic mass is 10.2. The molecule has 2 aromatic rings. The predicted octanol–water partition coefficient (Wildman–Crippen LogP) is 2.32. The lowest BCUT2D eigenvalue weighted by molar-refractivity contribution is 0.103. The first-order valence-electron chi connectivity index (χ1n) is 4.36. The molecule has 0 amide bonds. The van der Waals surface area contributed by atoms with Gasteiger partial charge in [-0.2, -0.15) is 0 Å². The van der Waals surface area contributed by atoms with Gasteiger partial charge in [0.15, 0.2) is 4.67 Å². The van der Waals surface area contributed by atoms with E-state index in [2.05, 4.69) is 20.9 Å². The zero-order chi connectivity index (χ0) is 11.0. The van der Waals surface area contributed by atoms with E-state index in [1.165, 1.54) is 6.26 Å². The van der Waals surface area contributed by atoms with Crippen LogP contribution >= 0.6 is 15.9 Å². The van der Waals surface area contributed by atoms with Crippen molar-refractivity contribution in [1.29, 1.82) is 0 Å². The van der Waals surface area contributed by atoms with Crippen molar-refractivity contribution in [3.05, 3.63) is 40.3 Å². The van der Waals surface area contributed by atoms with Crippen LogP contribution in [0, 0.1) is 6.92 Å². The van der Waals surface area contributed by atoms with Crippen LogP contribution in [0.3, 0.4) is 0 Å². The number of furan rings is 1. The third kappa shape index (κ3) is 1.74. The summed E-state index contributed by atoms with van der Waals surface area (Å²) in [5.41, 5.74) is 1.07. The lowest BCUT2D eigenvalue weighted by Gasteiger charge is -1.99. The predicted molar refractivity (Wildman–Crippen MR) is 57.8 cm³/mol. The molecule has 78 valence electrons. The molecule has 5 heteroatoms. The highest BCUT2D eigenvalue weighted by Gasteiger charge is 2.16. The average Bonchev–Trinajstić information content (AvgIpc) is 2.75. The minimum Gasteiger partial charge on any atom is -0.457 e. The minimum absolute atomic E-state index is 0.0902. The molecule has 15 heavy (non-hydrogen) atoms. The van der Waals surface area contributed by atoms with Gasteiger partial charge in [-0.05, 0) is 22.9 Å². The van der Waals surface area contributed by atoms with Crippen LogP contribution in [0.25, 0.3) is 0 Å². The molecule has 0 aliphatic heterocycles. The van der Waals surface area contributed by atoms with Gasteiger partial charge in [-0.15, -0.1) is 0 Å². The SMILES string of the molecule is Cc1ncc(C(=O)c2coc(Br)c2)n1C. The average molecular weight is 269 g/mol. The van der Waals surface area contributed by atoms with Crippen molar-refractivity contribution in [2.75, 3.05) is 0 Å². The van der Waals surface area contributed by atoms with Crippen LogP contribution in [0.5, 0.6) is 0 Å². The third-order valence-electron chi connectivity index (χ3n) is 2.28. The molecule has 0 aliphatic carbocycles. The summed E-state index contributed by atoms with van der Waals surface area (Å²) in [7, 11) is 1.81. The highest BCUT2D eigenvalue weighted by molar-refractivity contribution is 9.10. The first-order chi connectivity index (χ1) is 7.09. The van der Waals surface area contributed by atoms with Gasteiger partial charge in [0, 0.05) is 13.1 Å². The van der Waals surface area contributed by atoms with Crippen molar-refractivity contribution in [3.8, 4) is 0 Å². The number of aromatic nitrogens is 2. The van der Waals surface area contributed by atoms with E-state index < -0.39 is 0 Å². The monoisotopic (exact) mass is 268 g/mol. The van der Waals surface area contributed by atoms with Gasteiger partial charge < -0.3 is 8.98 Å². The van der Waals surface area contributed by atoms with E-state index in [0.29, 0.717) is 15.9 Å². The molecule has 2 heterocycles. The second-order valence-electron chi connectivity index (χ2n) is 3.22. The van der Waals surface area contributed by atoms with Crippen molar-refractivity contribution in [1.82, 2.24) is 9.55 Å². The number of nitrogens with zero attached hydrogens (tertiary/aromatic N) is 2. The van der Waals surface area contributed by atoms with Crippen molar-refractivity contribution in [2.45, 2.75) is 6.92 Å². The number of halogens is 1. The van der Waals surface area contributed by atoms with Gasteiger partial charge in [-0.25, -0.2) is 4.98 Å². The molecule has 0 unspecified atom stereocenters. The number of hydrogen-bond acceptors (Lipinski definition) is 3. The van der Waals surface area contributed by atoms with Crippen LogP contribution in [0.15, 0.2) is 27.6 Å². The second-order valence-corrected chi connectivity index (χ2v) is 4.00. The Balaban J connectivity index is 2.41. The van der Waals surface area contributed by atoms with E-state index in [0.717, 1.165) is 5.82 Å². The van der Waals surface area contributed by atoms with Crippen molar-refractivity contribution >= 4 is 21.7 Å². The first kappa shape index (κ1) is 10.2. The molecular weight excluding hydrogens is 260 g/mol. The largest absolute Gasteiger partial charge is 0.457 e.